The topological polar surface area (TPSA) is 113 Å². The van der Waals surface area contributed by atoms with Crippen molar-refractivity contribution >= 4 is 17.3 Å². The summed E-state index contributed by atoms with van der Waals surface area (Å²) >= 11 is 0. The van der Waals surface area contributed by atoms with Crippen LogP contribution in [-0.4, -0.2) is 30.1 Å². The van der Waals surface area contributed by atoms with Gasteiger partial charge in [-0.05, 0) is 49.7 Å². The van der Waals surface area contributed by atoms with Gasteiger partial charge in [-0.15, -0.1) is 0 Å². The molecule has 0 atom stereocenters. The van der Waals surface area contributed by atoms with Crippen molar-refractivity contribution in [1.29, 1.82) is 5.26 Å². The number of hydrogen-bond donors (Lipinski definition) is 3. The van der Waals surface area contributed by atoms with E-state index >= 15 is 0 Å². The van der Waals surface area contributed by atoms with Crippen LogP contribution in [0.4, 0.5) is 11.4 Å². The van der Waals surface area contributed by atoms with Crippen LogP contribution in [0.5, 0.6) is 0 Å². The summed E-state index contributed by atoms with van der Waals surface area (Å²) in [4.78, 5) is 17.0. The summed E-state index contributed by atoms with van der Waals surface area (Å²) < 4.78 is 5.40. The average Bonchev–Trinajstić information content (AvgIpc) is 2.80. The average molecular weight is 430 g/mol. The number of ether oxygens (including phenoxy) is 1. The predicted molar refractivity (Wildman–Crippen MR) is 126 cm³/mol. The van der Waals surface area contributed by atoms with Crippen LogP contribution in [0, 0.1) is 11.3 Å². The minimum atomic E-state index is -0.272. The van der Waals surface area contributed by atoms with Gasteiger partial charge in [0.2, 0.25) is 0 Å². The minimum Gasteiger partial charge on any atom is -0.397 e. The number of para-hydroxylation sites is 2. The highest BCUT2D eigenvalue weighted by Crippen LogP contribution is 2.23. The molecule has 3 rings (SSSR count). The van der Waals surface area contributed by atoms with E-state index in [0.717, 1.165) is 11.1 Å². The molecule has 0 unspecified atom stereocenters. The largest absolute Gasteiger partial charge is 0.397 e. The number of benzene rings is 2. The number of carbonyl (C=O) groups excluding carboxylic acids is 1. The lowest BCUT2D eigenvalue weighted by atomic mass is 10.0. The number of hydrogen-bond acceptors (Lipinski definition) is 6. The van der Waals surface area contributed by atoms with Gasteiger partial charge in [-0.2, -0.15) is 5.26 Å². The number of amides is 1. The summed E-state index contributed by atoms with van der Waals surface area (Å²) in [5.74, 6) is -0.261. The molecule has 0 radical (unpaired) electrons. The number of methoxy groups -OCH3 is 1. The zero-order valence-corrected chi connectivity index (χ0v) is 18.5. The fourth-order valence-corrected chi connectivity index (χ4v) is 3.08. The molecule has 0 fully saturated rings. The molecule has 4 N–H and O–H groups in total. The van der Waals surface area contributed by atoms with Crippen molar-refractivity contribution in [3.8, 4) is 17.3 Å². The maximum Gasteiger partial charge on any atom is 0.255 e. The zero-order chi connectivity index (χ0) is 23.1. The van der Waals surface area contributed by atoms with E-state index in [1.165, 1.54) is 0 Å². The normalized spacial score (nSPS) is 11.1. The minimum absolute atomic E-state index is 0.261. The van der Waals surface area contributed by atoms with Gasteiger partial charge in [0, 0.05) is 37.5 Å². The van der Waals surface area contributed by atoms with Crippen LogP contribution in [-0.2, 0) is 11.3 Å². The summed E-state index contributed by atoms with van der Waals surface area (Å²) in [6.45, 7) is 5.25. The van der Waals surface area contributed by atoms with E-state index < -0.39 is 0 Å². The van der Waals surface area contributed by atoms with E-state index in [4.69, 9.17) is 10.5 Å². The Hall–Kier alpha value is -3.73. The van der Waals surface area contributed by atoms with Gasteiger partial charge in [-0.1, -0.05) is 24.3 Å². The summed E-state index contributed by atoms with van der Waals surface area (Å²) in [6, 6.07) is 18.1. The molecule has 0 saturated carbocycles. The molecule has 7 heteroatoms. The van der Waals surface area contributed by atoms with Crippen molar-refractivity contribution in [2.24, 2.45) is 0 Å². The Morgan fingerprint density at radius 3 is 2.56 bits per heavy atom. The third-order valence-electron chi connectivity index (χ3n) is 5.13. The molecular formula is C25H27N5O2. The Labute approximate surface area is 188 Å². The summed E-state index contributed by atoms with van der Waals surface area (Å²) in [5.41, 5.74) is 9.89. The molecular weight excluding hydrogens is 402 g/mol. The molecule has 164 valence electrons. The first-order valence-electron chi connectivity index (χ1n) is 10.2. The fraction of sp³-hybridized carbons (Fsp3) is 0.240. The molecule has 0 aliphatic rings. The van der Waals surface area contributed by atoms with Gasteiger partial charge >= 0.3 is 0 Å². The molecule has 0 aliphatic carbocycles. The lowest BCUT2D eigenvalue weighted by molar-refractivity contribution is 0.0230. The van der Waals surface area contributed by atoms with Crippen molar-refractivity contribution in [2.75, 3.05) is 24.7 Å². The Bertz CT molecular complexity index is 1130. The Kier molecular flexibility index (Phi) is 7.21. The van der Waals surface area contributed by atoms with Crippen LogP contribution >= 0.6 is 0 Å². The number of anilines is 2. The lowest BCUT2D eigenvalue weighted by Gasteiger charge is -2.23. The van der Waals surface area contributed by atoms with Crippen LogP contribution in [0.2, 0.25) is 0 Å². The highest BCUT2D eigenvalue weighted by atomic mass is 16.5. The van der Waals surface area contributed by atoms with Crippen molar-refractivity contribution in [1.82, 2.24) is 10.3 Å². The van der Waals surface area contributed by atoms with Gasteiger partial charge in [0.05, 0.1) is 28.2 Å². The quantitative estimate of drug-likeness (QED) is 0.467. The van der Waals surface area contributed by atoms with E-state index in [1.807, 2.05) is 26.0 Å². The number of nitriles is 1. The van der Waals surface area contributed by atoms with E-state index in [2.05, 4.69) is 21.7 Å². The van der Waals surface area contributed by atoms with Crippen LogP contribution in [0.25, 0.3) is 11.3 Å². The van der Waals surface area contributed by atoms with Crippen LogP contribution in [0.3, 0.4) is 0 Å². The highest BCUT2D eigenvalue weighted by Gasteiger charge is 2.16. The first-order chi connectivity index (χ1) is 15.3. The van der Waals surface area contributed by atoms with Gasteiger partial charge < -0.3 is 21.1 Å². The molecule has 3 aromatic rings. The number of rotatable bonds is 8. The van der Waals surface area contributed by atoms with Crippen LogP contribution < -0.4 is 16.4 Å². The van der Waals surface area contributed by atoms with E-state index in [-0.39, 0.29) is 11.5 Å². The number of nitrogens with two attached hydrogens (primary N) is 1. The number of nitrogen functional groups attached to an aromatic ring is 1. The van der Waals surface area contributed by atoms with Gasteiger partial charge in [-0.25, -0.2) is 0 Å². The second kappa shape index (κ2) is 10.1. The fourth-order valence-electron chi connectivity index (χ4n) is 3.08. The number of carbonyl (C=O) groups is 1. The molecule has 0 spiro atoms. The molecule has 1 heterocycles. The monoisotopic (exact) mass is 429 g/mol. The Morgan fingerprint density at radius 2 is 1.91 bits per heavy atom. The lowest BCUT2D eigenvalue weighted by Crippen LogP contribution is -2.36. The maximum atomic E-state index is 12.5. The Morgan fingerprint density at radius 1 is 1.19 bits per heavy atom. The number of aromatic nitrogens is 1. The number of nitrogens with one attached hydrogen (secondary N) is 2. The molecule has 0 bridgehead atoms. The first kappa shape index (κ1) is 22.9. The third kappa shape index (κ3) is 5.70. The van der Waals surface area contributed by atoms with E-state index in [1.54, 1.807) is 55.8 Å². The van der Waals surface area contributed by atoms with Crippen LogP contribution in [0.1, 0.15) is 35.3 Å². The molecule has 1 amide bonds. The van der Waals surface area contributed by atoms with Gasteiger partial charge in [0.25, 0.3) is 5.91 Å². The zero-order valence-electron chi connectivity index (χ0n) is 18.5. The summed E-state index contributed by atoms with van der Waals surface area (Å²) in [5, 5.41) is 15.7. The van der Waals surface area contributed by atoms with Crippen molar-refractivity contribution < 1.29 is 9.53 Å². The maximum absolute atomic E-state index is 12.5. The number of pyridine rings is 1. The smallest absolute Gasteiger partial charge is 0.255 e. The highest BCUT2D eigenvalue weighted by molar-refractivity contribution is 6.05. The molecule has 0 saturated heterocycles. The molecule has 1 aromatic heterocycles. The van der Waals surface area contributed by atoms with E-state index in [9.17, 15) is 10.1 Å². The Balaban J connectivity index is 1.72. The van der Waals surface area contributed by atoms with Crippen LogP contribution in [0.15, 0.2) is 60.8 Å². The molecule has 32 heavy (non-hydrogen) atoms. The molecule has 0 aliphatic heterocycles. The van der Waals surface area contributed by atoms with Gasteiger partial charge in [0.1, 0.15) is 6.07 Å². The van der Waals surface area contributed by atoms with Gasteiger partial charge in [0.15, 0.2) is 0 Å². The van der Waals surface area contributed by atoms with Crippen molar-refractivity contribution in [3.05, 3.63) is 77.5 Å². The third-order valence-corrected chi connectivity index (χ3v) is 5.13. The molecule has 7 nitrogen and oxygen atoms in total. The van der Waals surface area contributed by atoms with Crippen molar-refractivity contribution in [2.45, 2.75) is 26.0 Å². The van der Waals surface area contributed by atoms with Crippen molar-refractivity contribution in [3.63, 3.8) is 0 Å². The second-order valence-corrected chi connectivity index (χ2v) is 8.04. The van der Waals surface area contributed by atoms with E-state index in [0.29, 0.717) is 41.3 Å². The molecule has 2 aromatic carbocycles. The number of nitrogens with zero attached hydrogens (tertiary/aromatic N) is 2. The second-order valence-electron chi connectivity index (χ2n) is 8.04. The summed E-state index contributed by atoms with van der Waals surface area (Å²) in [6.07, 6.45) is 1.75. The van der Waals surface area contributed by atoms with Gasteiger partial charge in [-0.3, -0.25) is 9.78 Å². The SMILES string of the molecule is COC(C)(C)CNCc1cnc(-c2ccc(C(=O)Nc3ccccc3N)cc2)c(C#N)c1. The standard InChI is InChI=1S/C25H27N5O2/c1-25(2,32-3)16-28-14-17-12-20(13-26)23(29-15-17)18-8-10-19(11-9-18)24(31)30-22-7-5-4-6-21(22)27/h4-12,15,28H,14,16,27H2,1-3H3,(H,30,31). The summed E-state index contributed by atoms with van der Waals surface area (Å²) in [7, 11) is 1.68. The first-order valence-corrected chi connectivity index (χ1v) is 10.2. The predicted octanol–water partition coefficient (Wildman–Crippen LogP) is 3.97.